The summed E-state index contributed by atoms with van der Waals surface area (Å²) in [5.74, 6) is -0.367. The van der Waals surface area contributed by atoms with E-state index in [9.17, 15) is 14.0 Å². The van der Waals surface area contributed by atoms with Crippen LogP contribution in [0.1, 0.15) is 43.9 Å². The molecule has 3 heterocycles. The van der Waals surface area contributed by atoms with Gasteiger partial charge in [0.15, 0.2) is 0 Å². The van der Waals surface area contributed by atoms with Crippen molar-refractivity contribution in [1.82, 2.24) is 20.1 Å². The third-order valence-corrected chi connectivity index (χ3v) is 8.21. The first-order chi connectivity index (χ1) is 17.4. The molecule has 2 aromatic carbocycles. The number of aryl methyl sites for hydroxylation is 1. The molecule has 2 aliphatic heterocycles. The van der Waals surface area contributed by atoms with Gasteiger partial charge in [-0.2, -0.15) is 0 Å². The molecule has 0 radical (unpaired) electrons. The number of amides is 2. The zero-order valence-electron chi connectivity index (χ0n) is 20.0. The summed E-state index contributed by atoms with van der Waals surface area (Å²) in [6.07, 6.45) is 0.770. The number of nitrogens with one attached hydrogen (secondary N) is 1. The number of likely N-dealkylation sites (tertiary alicyclic amines) is 2. The Bertz CT molecular complexity index is 1220. The van der Waals surface area contributed by atoms with E-state index in [-0.39, 0.29) is 28.4 Å². The van der Waals surface area contributed by atoms with Crippen LogP contribution in [-0.2, 0) is 0 Å². The van der Waals surface area contributed by atoms with Crippen molar-refractivity contribution in [2.24, 2.45) is 11.8 Å². The predicted molar refractivity (Wildman–Crippen MR) is 139 cm³/mol. The number of aromatic nitrogens is 1. The van der Waals surface area contributed by atoms with Crippen LogP contribution in [0.4, 0.5) is 4.39 Å². The fraction of sp³-hybridized carbons (Fsp3) is 0.370. The Morgan fingerprint density at radius 1 is 1.11 bits per heavy atom. The molecule has 2 amide bonds. The Kier molecular flexibility index (Phi) is 7.37. The molecule has 0 aliphatic carbocycles. The highest BCUT2D eigenvalue weighted by Gasteiger charge is 2.42. The molecule has 0 saturated carbocycles. The number of halogens is 2. The Balaban J connectivity index is 1.19. The van der Waals surface area contributed by atoms with Gasteiger partial charge in [-0.3, -0.25) is 9.59 Å². The van der Waals surface area contributed by atoms with E-state index in [1.165, 1.54) is 23.5 Å². The Labute approximate surface area is 219 Å². The average molecular weight is 527 g/mol. The molecule has 5 rings (SSSR count). The predicted octanol–water partition coefficient (Wildman–Crippen LogP) is 4.81. The third-order valence-electron chi connectivity index (χ3n) is 7.12. The van der Waals surface area contributed by atoms with E-state index in [1.807, 2.05) is 37.3 Å². The monoisotopic (exact) mass is 526 g/mol. The maximum Gasteiger partial charge on any atom is 0.271 e. The number of rotatable bonds is 7. The zero-order valence-corrected chi connectivity index (χ0v) is 21.6. The van der Waals surface area contributed by atoms with Crippen LogP contribution in [0.15, 0.2) is 53.9 Å². The minimum absolute atomic E-state index is 0.0345. The van der Waals surface area contributed by atoms with Gasteiger partial charge in [-0.1, -0.05) is 48.0 Å². The smallest absolute Gasteiger partial charge is 0.271 e. The number of hydrogen-bond donors (Lipinski definition) is 1. The lowest BCUT2D eigenvalue weighted by Crippen LogP contribution is -2.35. The van der Waals surface area contributed by atoms with Gasteiger partial charge in [-0.25, -0.2) is 9.37 Å². The van der Waals surface area contributed by atoms with Crippen LogP contribution in [0.5, 0.6) is 0 Å². The van der Waals surface area contributed by atoms with Crippen molar-refractivity contribution >= 4 is 34.8 Å². The minimum Gasteiger partial charge on any atom is -0.344 e. The zero-order chi connectivity index (χ0) is 25.2. The van der Waals surface area contributed by atoms with Gasteiger partial charge >= 0.3 is 0 Å². The molecule has 2 aliphatic rings. The van der Waals surface area contributed by atoms with Crippen LogP contribution >= 0.6 is 22.9 Å². The van der Waals surface area contributed by atoms with Crippen LogP contribution < -0.4 is 5.32 Å². The lowest BCUT2D eigenvalue weighted by Gasteiger charge is -2.25. The van der Waals surface area contributed by atoms with E-state index in [2.05, 4.69) is 15.2 Å². The van der Waals surface area contributed by atoms with Gasteiger partial charge in [0.2, 0.25) is 0 Å². The van der Waals surface area contributed by atoms with Gasteiger partial charge < -0.3 is 15.1 Å². The molecule has 3 atom stereocenters. The van der Waals surface area contributed by atoms with Gasteiger partial charge in [-0.15, -0.1) is 11.3 Å². The Hall–Kier alpha value is -2.81. The van der Waals surface area contributed by atoms with Gasteiger partial charge in [0.05, 0.1) is 21.6 Å². The van der Waals surface area contributed by atoms with Crippen LogP contribution in [0.25, 0.3) is 0 Å². The summed E-state index contributed by atoms with van der Waals surface area (Å²) in [6.45, 7) is 5.68. The molecule has 2 saturated heterocycles. The van der Waals surface area contributed by atoms with E-state index in [0.29, 0.717) is 30.6 Å². The number of benzene rings is 2. The SMILES string of the molecule is Cc1nc(C(=O)N[C@@H](CCN2CC3CN(C(=O)c4c(F)cccc4Cl)CC3C2)c2ccccc2)cs1. The summed E-state index contributed by atoms with van der Waals surface area (Å²) in [7, 11) is 0. The molecule has 9 heteroatoms. The van der Waals surface area contributed by atoms with Gasteiger partial charge in [0.25, 0.3) is 11.8 Å². The molecular weight excluding hydrogens is 499 g/mol. The maximum atomic E-state index is 14.2. The van der Waals surface area contributed by atoms with Gasteiger partial charge in [0.1, 0.15) is 11.5 Å². The Morgan fingerprint density at radius 2 is 1.83 bits per heavy atom. The molecular formula is C27H28ClFN4O2S. The highest BCUT2D eigenvalue weighted by Crippen LogP contribution is 2.33. The molecule has 6 nitrogen and oxygen atoms in total. The largest absolute Gasteiger partial charge is 0.344 e. The fourth-order valence-corrected chi connectivity index (χ4v) is 6.15. The summed E-state index contributed by atoms with van der Waals surface area (Å²) in [4.78, 5) is 34.2. The second-order valence-corrected chi connectivity index (χ2v) is 11.0. The number of carbonyl (C=O) groups is 2. The number of fused-ring (bicyclic) bond motifs is 1. The molecule has 0 bridgehead atoms. The molecule has 3 aromatic rings. The first-order valence-corrected chi connectivity index (χ1v) is 13.4. The third kappa shape index (κ3) is 5.31. The van der Waals surface area contributed by atoms with Crippen LogP contribution in [0.3, 0.4) is 0 Å². The van der Waals surface area contributed by atoms with Crippen LogP contribution in [0, 0.1) is 24.6 Å². The first kappa shape index (κ1) is 24.9. The molecule has 2 fully saturated rings. The topological polar surface area (TPSA) is 65.5 Å². The first-order valence-electron chi connectivity index (χ1n) is 12.1. The normalized spacial score (nSPS) is 20.4. The van der Waals surface area contributed by atoms with Gasteiger partial charge in [0, 0.05) is 38.1 Å². The second-order valence-electron chi connectivity index (χ2n) is 9.56. The number of thiazole rings is 1. The average Bonchev–Trinajstić information content (AvgIpc) is 3.57. The highest BCUT2D eigenvalue weighted by atomic mass is 35.5. The van der Waals surface area contributed by atoms with Crippen LogP contribution in [0.2, 0.25) is 5.02 Å². The van der Waals surface area contributed by atoms with Crippen molar-refractivity contribution in [2.45, 2.75) is 19.4 Å². The van der Waals surface area contributed by atoms with Crippen molar-refractivity contribution in [1.29, 1.82) is 0 Å². The van der Waals surface area contributed by atoms with Crippen molar-refractivity contribution in [3.63, 3.8) is 0 Å². The van der Waals surface area contributed by atoms with Crippen molar-refractivity contribution in [2.75, 3.05) is 32.7 Å². The summed E-state index contributed by atoms with van der Waals surface area (Å²) >= 11 is 7.58. The molecule has 0 spiro atoms. The van der Waals surface area contributed by atoms with Gasteiger partial charge in [-0.05, 0) is 42.9 Å². The molecule has 36 heavy (non-hydrogen) atoms. The second kappa shape index (κ2) is 10.7. The maximum absolute atomic E-state index is 14.2. The highest BCUT2D eigenvalue weighted by molar-refractivity contribution is 7.09. The quantitative estimate of drug-likeness (QED) is 0.480. The summed E-state index contributed by atoms with van der Waals surface area (Å²) < 4.78 is 14.2. The van der Waals surface area contributed by atoms with Crippen molar-refractivity contribution in [3.8, 4) is 0 Å². The van der Waals surface area contributed by atoms with E-state index in [4.69, 9.17) is 11.6 Å². The Morgan fingerprint density at radius 3 is 2.47 bits per heavy atom. The minimum atomic E-state index is -0.576. The fourth-order valence-electron chi connectivity index (χ4n) is 5.32. The molecule has 188 valence electrons. The number of hydrogen-bond acceptors (Lipinski definition) is 5. The van der Waals surface area contributed by atoms with Crippen LogP contribution in [-0.4, -0.2) is 59.3 Å². The summed E-state index contributed by atoms with van der Waals surface area (Å²) in [5, 5.41) is 5.97. The summed E-state index contributed by atoms with van der Waals surface area (Å²) in [6, 6.07) is 14.2. The standard InChI is InChI=1S/C27H28ClFN4O2S/c1-17-30-24(16-36-17)26(34)31-23(18-6-3-2-4-7-18)10-11-32-12-19-14-33(15-20(19)13-32)27(35)25-21(28)8-5-9-22(25)29/h2-9,16,19-20,23H,10-15H2,1H3,(H,31,34)/t19?,20?,23-/m0/s1. The number of nitrogens with zero attached hydrogens (tertiary/aromatic N) is 3. The van der Waals surface area contributed by atoms with E-state index < -0.39 is 5.82 Å². The van der Waals surface area contributed by atoms with E-state index >= 15 is 0 Å². The molecule has 1 N–H and O–H groups in total. The van der Waals surface area contributed by atoms with E-state index in [1.54, 1.807) is 16.3 Å². The molecule has 2 unspecified atom stereocenters. The lowest BCUT2D eigenvalue weighted by molar-refractivity contribution is 0.0769. The number of carbonyl (C=O) groups excluding carboxylic acids is 2. The van der Waals surface area contributed by atoms with E-state index in [0.717, 1.165) is 36.6 Å². The van der Waals surface area contributed by atoms with Crippen molar-refractivity contribution < 1.29 is 14.0 Å². The van der Waals surface area contributed by atoms with Crippen molar-refractivity contribution in [3.05, 3.63) is 86.6 Å². The lowest BCUT2D eigenvalue weighted by atomic mass is 10.0. The summed E-state index contributed by atoms with van der Waals surface area (Å²) in [5.41, 5.74) is 1.48. The molecule has 1 aromatic heterocycles.